The standard InChI is InChI=1S/C21H24N2O3S/c1-14(23(2)13-25-3)20(15-8-5-4-6-9-15)26-17-10-7-11-18-16(17)12-19(27-18)21(22)24/h4-12,14,20H,13H2,1-3H3,(H2,22,24)/t14-,20-/m1/s1. The van der Waals surface area contributed by atoms with E-state index in [1.807, 2.05) is 49.5 Å². The first-order valence-electron chi connectivity index (χ1n) is 8.74. The van der Waals surface area contributed by atoms with Gasteiger partial charge in [0, 0.05) is 23.2 Å². The van der Waals surface area contributed by atoms with Crippen molar-refractivity contribution in [2.75, 3.05) is 20.9 Å². The molecule has 6 heteroatoms. The van der Waals surface area contributed by atoms with E-state index in [0.717, 1.165) is 21.4 Å². The summed E-state index contributed by atoms with van der Waals surface area (Å²) in [6.07, 6.45) is -0.200. The molecule has 0 unspecified atom stereocenters. The minimum atomic E-state index is -0.421. The van der Waals surface area contributed by atoms with Gasteiger partial charge < -0.3 is 15.2 Å². The second kappa shape index (κ2) is 8.52. The normalized spacial score (nSPS) is 13.6. The average molecular weight is 385 g/mol. The molecular formula is C21H24N2O3S. The molecule has 3 rings (SSSR count). The van der Waals surface area contributed by atoms with Crippen LogP contribution in [0, 0.1) is 0 Å². The lowest BCUT2D eigenvalue weighted by molar-refractivity contribution is 0.0137. The number of hydrogen-bond acceptors (Lipinski definition) is 5. The van der Waals surface area contributed by atoms with Crippen molar-refractivity contribution in [3.05, 3.63) is 65.0 Å². The van der Waals surface area contributed by atoms with Crippen molar-refractivity contribution in [2.45, 2.75) is 19.1 Å². The molecule has 1 heterocycles. The second-order valence-corrected chi connectivity index (χ2v) is 7.59. The Bertz CT molecular complexity index is 910. The Kier molecular flexibility index (Phi) is 6.11. The van der Waals surface area contributed by atoms with E-state index >= 15 is 0 Å². The third-order valence-corrected chi connectivity index (χ3v) is 5.73. The Balaban J connectivity index is 1.99. The summed E-state index contributed by atoms with van der Waals surface area (Å²) >= 11 is 1.38. The maximum Gasteiger partial charge on any atom is 0.258 e. The third kappa shape index (κ3) is 4.30. The number of fused-ring (bicyclic) bond motifs is 1. The Labute approximate surface area is 163 Å². The molecular weight excluding hydrogens is 360 g/mol. The van der Waals surface area contributed by atoms with E-state index in [-0.39, 0.29) is 12.1 Å². The number of nitrogens with two attached hydrogens (primary N) is 1. The number of methoxy groups -OCH3 is 1. The molecule has 1 amide bonds. The predicted octanol–water partition coefficient (Wildman–Crippen LogP) is 4.04. The molecule has 0 saturated carbocycles. The van der Waals surface area contributed by atoms with Crippen molar-refractivity contribution in [3.8, 4) is 5.75 Å². The van der Waals surface area contributed by atoms with Gasteiger partial charge >= 0.3 is 0 Å². The first kappa shape index (κ1) is 19.4. The van der Waals surface area contributed by atoms with Gasteiger partial charge in [0.25, 0.3) is 5.91 Å². The maximum atomic E-state index is 11.6. The fourth-order valence-electron chi connectivity index (χ4n) is 3.04. The summed E-state index contributed by atoms with van der Waals surface area (Å²) in [5.41, 5.74) is 6.53. The van der Waals surface area contributed by atoms with Gasteiger partial charge in [-0.05, 0) is 37.7 Å². The summed E-state index contributed by atoms with van der Waals surface area (Å²) < 4.78 is 12.8. The van der Waals surface area contributed by atoms with Crippen molar-refractivity contribution >= 4 is 27.3 Å². The number of primary amides is 1. The molecule has 0 spiro atoms. The lowest BCUT2D eigenvalue weighted by atomic mass is 10.0. The average Bonchev–Trinajstić information content (AvgIpc) is 3.12. The summed E-state index contributed by atoms with van der Waals surface area (Å²) in [6, 6.07) is 17.8. The molecule has 0 aliphatic rings. The molecule has 0 aliphatic heterocycles. The van der Waals surface area contributed by atoms with Crippen LogP contribution in [0.2, 0.25) is 0 Å². The lowest BCUT2D eigenvalue weighted by Gasteiger charge is -2.32. The fraction of sp³-hybridized carbons (Fsp3) is 0.286. The first-order chi connectivity index (χ1) is 13.0. The number of rotatable bonds is 8. The van der Waals surface area contributed by atoms with Crippen LogP contribution in [0.15, 0.2) is 54.6 Å². The van der Waals surface area contributed by atoms with Gasteiger partial charge in [-0.15, -0.1) is 11.3 Å². The highest BCUT2D eigenvalue weighted by Crippen LogP contribution is 2.36. The van der Waals surface area contributed by atoms with Gasteiger partial charge in [-0.25, -0.2) is 0 Å². The van der Waals surface area contributed by atoms with Crippen LogP contribution in [0.25, 0.3) is 10.1 Å². The minimum Gasteiger partial charge on any atom is -0.483 e. The Morgan fingerprint density at radius 3 is 2.59 bits per heavy atom. The van der Waals surface area contributed by atoms with Crippen LogP contribution < -0.4 is 10.5 Å². The molecule has 0 aliphatic carbocycles. The minimum absolute atomic E-state index is 0.0665. The zero-order chi connectivity index (χ0) is 19.4. The van der Waals surface area contributed by atoms with E-state index in [0.29, 0.717) is 11.6 Å². The molecule has 0 bridgehead atoms. The first-order valence-corrected chi connectivity index (χ1v) is 9.56. The van der Waals surface area contributed by atoms with Crippen molar-refractivity contribution in [1.82, 2.24) is 4.90 Å². The summed E-state index contributed by atoms with van der Waals surface area (Å²) in [5, 5.41) is 0.902. The number of amides is 1. The van der Waals surface area contributed by atoms with Crippen molar-refractivity contribution < 1.29 is 14.3 Å². The number of benzene rings is 2. The van der Waals surface area contributed by atoms with Crippen LogP contribution in [-0.2, 0) is 4.74 Å². The van der Waals surface area contributed by atoms with Gasteiger partial charge in [-0.1, -0.05) is 36.4 Å². The van der Waals surface area contributed by atoms with Crippen molar-refractivity contribution in [1.29, 1.82) is 0 Å². The molecule has 3 aromatic rings. The van der Waals surface area contributed by atoms with E-state index in [1.54, 1.807) is 7.11 Å². The molecule has 0 radical (unpaired) electrons. The monoisotopic (exact) mass is 384 g/mol. The van der Waals surface area contributed by atoms with Crippen molar-refractivity contribution in [2.24, 2.45) is 5.73 Å². The van der Waals surface area contributed by atoms with Crippen molar-refractivity contribution in [3.63, 3.8) is 0 Å². The molecule has 2 atom stereocenters. The number of carbonyl (C=O) groups excluding carboxylic acids is 1. The zero-order valence-electron chi connectivity index (χ0n) is 15.7. The van der Waals surface area contributed by atoms with Gasteiger partial charge in [0.2, 0.25) is 0 Å². The van der Waals surface area contributed by atoms with Gasteiger partial charge in [-0.2, -0.15) is 0 Å². The van der Waals surface area contributed by atoms with Crippen LogP contribution in [0.4, 0.5) is 0 Å². The third-order valence-electron chi connectivity index (χ3n) is 4.61. The van der Waals surface area contributed by atoms with Crippen LogP contribution >= 0.6 is 11.3 Å². The number of hydrogen-bond donors (Lipinski definition) is 1. The second-order valence-electron chi connectivity index (χ2n) is 6.51. The van der Waals surface area contributed by atoms with E-state index < -0.39 is 5.91 Å². The molecule has 5 nitrogen and oxygen atoms in total. The number of thiophene rings is 1. The Hall–Kier alpha value is -2.41. The fourth-order valence-corrected chi connectivity index (χ4v) is 3.97. The highest BCUT2D eigenvalue weighted by Gasteiger charge is 2.25. The van der Waals surface area contributed by atoms with E-state index in [4.69, 9.17) is 15.2 Å². The zero-order valence-corrected chi connectivity index (χ0v) is 16.5. The molecule has 0 saturated heterocycles. The summed E-state index contributed by atoms with van der Waals surface area (Å²) in [7, 11) is 3.68. The van der Waals surface area contributed by atoms with Gasteiger partial charge in [-0.3, -0.25) is 9.69 Å². The quantitative estimate of drug-likeness (QED) is 0.595. The van der Waals surface area contributed by atoms with Gasteiger partial charge in [0.05, 0.1) is 11.6 Å². The molecule has 2 aromatic carbocycles. The number of likely N-dealkylation sites (N-methyl/N-ethyl adjacent to an activating group) is 1. The maximum absolute atomic E-state index is 11.6. The Morgan fingerprint density at radius 1 is 1.19 bits per heavy atom. The highest BCUT2D eigenvalue weighted by molar-refractivity contribution is 7.20. The molecule has 27 heavy (non-hydrogen) atoms. The van der Waals surface area contributed by atoms with E-state index in [9.17, 15) is 4.79 Å². The molecule has 1 aromatic heterocycles. The smallest absolute Gasteiger partial charge is 0.258 e. The lowest BCUT2D eigenvalue weighted by Crippen LogP contribution is -2.38. The summed E-state index contributed by atoms with van der Waals surface area (Å²) in [6.45, 7) is 2.61. The van der Waals surface area contributed by atoms with Crippen LogP contribution in [-0.4, -0.2) is 37.7 Å². The number of nitrogens with zero attached hydrogens (tertiary/aromatic N) is 1. The van der Waals surface area contributed by atoms with Gasteiger partial charge in [0.1, 0.15) is 11.9 Å². The Morgan fingerprint density at radius 2 is 1.93 bits per heavy atom. The van der Waals surface area contributed by atoms with Crippen LogP contribution in [0.1, 0.15) is 28.3 Å². The largest absolute Gasteiger partial charge is 0.483 e. The summed E-state index contributed by atoms with van der Waals surface area (Å²) in [4.78, 5) is 14.2. The van der Waals surface area contributed by atoms with E-state index in [1.165, 1.54) is 11.3 Å². The molecule has 142 valence electrons. The van der Waals surface area contributed by atoms with Crippen LogP contribution in [0.3, 0.4) is 0 Å². The molecule has 2 N–H and O–H groups in total. The topological polar surface area (TPSA) is 64.8 Å². The van der Waals surface area contributed by atoms with E-state index in [2.05, 4.69) is 24.0 Å². The van der Waals surface area contributed by atoms with Gasteiger partial charge in [0.15, 0.2) is 0 Å². The number of carbonyl (C=O) groups is 1. The SMILES string of the molecule is COCN(C)[C@H](C)[C@@H](Oc1cccc2sc(C(N)=O)cc12)c1ccccc1. The predicted molar refractivity (Wildman–Crippen MR) is 109 cm³/mol. The highest BCUT2D eigenvalue weighted by atomic mass is 32.1. The van der Waals surface area contributed by atoms with Crippen LogP contribution in [0.5, 0.6) is 5.75 Å². The number of ether oxygens (including phenoxy) is 2. The summed E-state index contributed by atoms with van der Waals surface area (Å²) in [5.74, 6) is 0.317. The molecule has 0 fully saturated rings.